The fraction of sp³-hybridized carbons (Fsp3) is 0.421. The molecular formula is C19H22O4. The number of hydrogen-bond donors (Lipinski definition) is 0. The molecule has 4 heteroatoms. The van der Waals surface area contributed by atoms with Crippen molar-refractivity contribution in [3.63, 3.8) is 0 Å². The van der Waals surface area contributed by atoms with Crippen LogP contribution in [0, 0.1) is 0 Å². The second-order valence-corrected chi connectivity index (χ2v) is 7.17. The SMILES string of the molecule is C[C@@H]1Oc2oc3ccccc3c(=O)c2[C@]1(C)/C=C/OC(C)(C)C. The van der Waals surface area contributed by atoms with Gasteiger partial charge in [0.15, 0.2) is 0 Å². The third-order valence-corrected chi connectivity index (χ3v) is 4.27. The molecule has 2 atom stereocenters. The Morgan fingerprint density at radius 3 is 2.65 bits per heavy atom. The van der Waals surface area contributed by atoms with Gasteiger partial charge in [-0.05, 0) is 52.8 Å². The van der Waals surface area contributed by atoms with Crippen molar-refractivity contribution in [1.82, 2.24) is 0 Å². The first-order chi connectivity index (χ1) is 10.7. The Labute approximate surface area is 135 Å². The lowest BCUT2D eigenvalue weighted by molar-refractivity contribution is 0.0739. The van der Waals surface area contributed by atoms with Crippen LogP contribution in [0.4, 0.5) is 0 Å². The van der Waals surface area contributed by atoms with Crippen LogP contribution in [0.5, 0.6) is 5.95 Å². The van der Waals surface area contributed by atoms with Crippen molar-refractivity contribution < 1.29 is 13.9 Å². The third-order valence-electron chi connectivity index (χ3n) is 4.27. The molecule has 0 amide bonds. The first kappa shape index (κ1) is 15.7. The maximum Gasteiger partial charge on any atom is 0.293 e. The highest BCUT2D eigenvalue weighted by Crippen LogP contribution is 2.43. The molecule has 1 aromatic heterocycles. The number of fused-ring (bicyclic) bond motifs is 2. The summed E-state index contributed by atoms with van der Waals surface area (Å²) >= 11 is 0. The van der Waals surface area contributed by atoms with E-state index in [0.29, 0.717) is 22.5 Å². The predicted octanol–water partition coefficient (Wildman–Crippen LogP) is 4.16. The molecule has 3 rings (SSSR count). The summed E-state index contributed by atoms with van der Waals surface area (Å²) in [5.41, 5.74) is 0.173. The van der Waals surface area contributed by atoms with Gasteiger partial charge in [0.2, 0.25) is 5.43 Å². The van der Waals surface area contributed by atoms with E-state index in [1.807, 2.05) is 52.8 Å². The summed E-state index contributed by atoms with van der Waals surface area (Å²) in [5.74, 6) is 0.309. The van der Waals surface area contributed by atoms with Crippen LogP contribution < -0.4 is 10.2 Å². The summed E-state index contributed by atoms with van der Waals surface area (Å²) in [4.78, 5) is 12.9. The van der Waals surface area contributed by atoms with E-state index in [4.69, 9.17) is 13.9 Å². The molecule has 0 fully saturated rings. The van der Waals surface area contributed by atoms with Gasteiger partial charge in [-0.25, -0.2) is 0 Å². The second-order valence-electron chi connectivity index (χ2n) is 7.17. The van der Waals surface area contributed by atoms with Crippen LogP contribution in [0.2, 0.25) is 0 Å². The lowest BCUT2D eigenvalue weighted by Crippen LogP contribution is -2.34. The second kappa shape index (κ2) is 5.15. The van der Waals surface area contributed by atoms with Crippen LogP contribution in [0.1, 0.15) is 40.2 Å². The van der Waals surface area contributed by atoms with Crippen LogP contribution in [-0.4, -0.2) is 11.7 Å². The zero-order chi connectivity index (χ0) is 16.8. The average Bonchev–Trinajstić information content (AvgIpc) is 2.69. The molecule has 1 aromatic carbocycles. The summed E-state index contributed by atoms with van der Waals surface area (Å²) in [6.45, 7) is 9.83. The summed E-state index contributed by atoms with van der Waals surface area (Å²) in [6, 6.07) is 7.23. The number of para-hydroxylation sites is 1. The molecule has 0 saturated heterocycles. The van der Waals surface area contributed by atoms with E-state index in [9.17, 15) is 4.79 Å². The molecule has 0 radical (unpaired) electrons. The zero-order valence-electron chi connectivity index (χ0n) is 14.2. The van der Waals surface area contributed by atoms with Crippen LogP contribution in [0.15, 0.2) is 45.8 Å². The quantitative estimate of drug-likeness (QED) is 0.781. The van der Waals surface area contributed by atoms with Crippen molar-refractivity contribution in [2.24, 2.45) is 0 Å². The average molecular weight is 314 g/mol. The molecule has 2 heterocycles. The van der Waals surface area contributed by atoms with Crippen molar-refractivity contribution in [3.05, 3.63) is 52.4 Å². The molecule has 1 aliphatic rings. The molecule has 2 aromatic rings. The van der Waals surface area contributed by atoms with Crippen molar-refractivity contribution >= 4 is 11.0 Å². The number of rotatable bonds is 2. The molecular weight excluding hydrogens is 292 g/mol. The summed E-state index contributed by atoms with van der Waals surface area (Å²) in [6.07, 6.45) is 3.33. The van der Waals surface area contributed by atoms with Gasteiger partial charge in [0, 0.05) is 0 Å². The van der Waals surface area contributed by atoms with Gasteiger partial charge in [0.25, 0.3) is 5.95 Å². The molecule has 4 nitrogen and oxygen atoms in total. The summed E-state index contributed by atoms with van der Waals surface area (Å²) < 4.78 is 17.3. The Morgan fingerprint density at radius 1 is 1.26 bits per heavy atom. The number of benzene rings is 1. The zero-order valence-corrected chi connectivity index (χ0v) is 14.2. The first-order valence-corrected chi connectivity index (χ1v) is 7.81. The minimum Gasteiger partial charge on any atom is -0.496 e. The van der Waals surface area contributed by atoms with Crippen LogP contribution in [0.25, 0.3) is 11.0 Å². The lowest BCUT2D eigenvalue weighted by Gasteiger charge is -2.24. The molecule has 0 saturated carbocycles. The van der Waals surface area contributed by atoms with E-state index in [0.717, 1.165) is 0 Å². The summed E-state index contributed by atoms with van der Waals surface area (Å²) in [7, 11) is 0. The van der Waals surface area contributed by atoms with Gasteiger partial charge < -0.3 is 13.9 Å². The van der Waals surface area contributed by atoms with Crippen molar-refractivity contribution in [2.75, 3.05) is 0 Å². The Morgan fingerprint density at radius 2 is 1.96 bits per heavy atom. The molecule has 0 unspecified atom stereocenters. The molecule has 0 bridgehead atoms. The minimum atomic E-state index is -0.592. The van der Waals surface area contributed by atoms with Crippen molar-refractivity contribution in [1.29, 1.82) is 0 Å². The minimum absolute atomic E-state index is 0.0471. The molecule has 122 valence electrons. The topological polar surface area (TPSA) is 48.7 Å². The standard InChI is InChI=1S/C19H22O4/c1-12-19(5,10-11-21-18(2,3)4)15-16(20)13-8-6-7-9-14(13)23-17(15)22-12/h6-12H,1-5H3/b11-10+/t12-,19+/m0/s1. The normalized spacial score (nSPS) is 24.0. The van der Waals surface area contributed by atoms with Crippen LogP contribution in [-0.2, 0) is 10.2 Å². The van der Waals surface area contributed by atoms with Gasteiger partial charge in [-0.2, -0.15) is 0 Å². The van der Waals surface area contributed by atoms with Crippen LogP contribution >= 0.6 is 0 Å². The number of hydrogen-bond acceptors (Lipinski definition) is 4. The van der Waals surface area contributed by atoms with E-state index in [-0.39, 0.29) is 17.1 Å². The van der Waals surface area contributed by atoms with Crippen molar-refractivity contribution in [2.45, 2.75) is 51.7 Å². The van der Waals surface area contributed by atoms with E-state index in [2.05, 4.69) is 0 Å². The lowest BCUT2D eigenvalue weighted by atomic mass is 9.80. The molecule has 23 heavy (non-hydrogen) atoms. The van der Waals surface area contributed by atoms with E-state index < -0.39 is 5.41 Å². The van der Waals surface area contributed by atoms with Gasteiger partial charge >= 0.3 is 0 Å². The monoisotopic (exact) mass is 314 g/mol. The van der Waals surface area contributed by atoms with Gasteiger partial charge in [-0.15, -0.1) is 0 Å². The maximum absolute atomic E-state index is 12.9. The van der Waals surface area contributed by atoms with E-state index in [1.165, 1.54) is 0 Å². The number of ether oxygens (including phenoxy) is 2. The fourth-order valence-corrected chi connectivity index (χ4v) is 2.75. The third kappa shape index (κ3) is 2.62. The Bertz CT molecular complexity index is 825. The first-order valence-electron chi connectivity index (χ1n) is 7.81. The fourth-order valence-electron chi connectivity index (χ4n) is 2.75. The highest BCUT2D eigenvalue weighted by Gasteiger charge is 2.45. The largest absolute Gasteiger partial charge is 0.496 e. The van der Waals surface area contributed by atoms with Gasteiger partial charge in [0.1, 0.15) is 11.7 Å². The smallest absolute Gasteiger partial charge is 0.293 e. The Hall–Kier alpha value is -2.23. The van der Waals surface area contributed by atoms with E-state index >= 15 is 0 Å². The molecule has 0 N–H and O–H groups in total. The molecule has 1 aliphatic heterocycles. The maximum atomic E-state index is 12.9. The Balaban J connectivity index is 2.13. The summed E-state index contributed by atoms with van der Waals surface area (Å²) in [5, 5.41) is 0.570. The van der Waals surface area contributed by atoms with Gasteiger partial charge in [-0.1, -0.05) is 12.1 Å². The predicted molar refractivity (Wildman–Crippen MR) is 89.9 cm³/mol. The highest BCUT2D eigenvalue weighted by molar-refractivity contribution is 5.78. The molecule has 0 spiro atoms. The van der Waals surface area contributed by atoms with Crippen molar-refractivity contribution in [3.8, 4) is 5.95 Å². The van der Waals surface area contributed by atoms with E-state index in [1.54, 1.807) is 18.4 Å². The van der Waals surface area contributed by atoms with Crippen LogP contribution in [0.3, 0.4) is 0 Å². The highest BCUT2D eigenvalue weighted by atomic mass is 16.6. The Kier molecular flexibility index (Phi) is 3.51. The van der Waals surface area contributed by atoms with Gasteiger partial charge in [-0.3, -0.25) is 4.79 Å². The molecule has 0 aliphatic carbocycles. The van der Waals surface area contributed by atoms with Gasteiger partial charge in [0.05, 0.1) is 28.2 Å².